The number of ether oxygens (including phenoxy) is 4. The number of aromatic nitrogens is 1. The Hall–Kier alpha value is -3.56. The Kier molecular flexibility index (Phi) is 13.5. The molecule has 4 rings (SSSR count). The molecule has 0 spiro atoms. The van der Waals surface area contributed by atoms with Crippen molar-refractivity contribution in [3.8, 4) is 0 Å². The molecule has 0 saturated carbocycles. The van der Waals surface area contributed by atoms with Gasteiger partial charge in [0.2, 0.25) is 5.71 Å². The minimum Gasteiger partial charge on any atom is -0.465 e. The topological polar surface area (TPSA) is 216 Å². The third-order valence-electron chi connectivity index (χ3n) is 8.93. The maximum atomic E-state index is 14.1. The van der Waals surface area contributed by atoms with Gasteiger partial charge in [0.05, 0.1) is 31.8 Å². The largest absolute Gasteiger partial charge is 0.465 e. The summed E-state index contributed by atoms with van der Waals surface area (Å²) in [7, 11) is -4.94. The maximum absolute atomic E-state index is 14.1. The van der Waals surface area contributed by atoms with E-state index in [-0.39, 0.29) is 32.8 Å². The van der Waals surface area contributed by atoms with Crippen molar-refractivity contribution in [3.63, 3.8) is 0 Å². The molecule has 2 aliphatic heterocycles. The van der Waals surface area contributed by atoms with Crippen molar-refractivity contribution in [2.24, 2.45) is 16.7 Å². The predicted molar refractivity (Wildman–Crippen MR) is 160 cm³/mol. The zero-order valence-electron chi connectivity index (χ0n) is 28.1. The van der Waals surface area contributed by atoms with E-state index in [9.17, 15) is 19.2 Å². The van der Waals surface area contributed by atoms with Crippen LogP contribution in [-0.4, -0.2) is 78.7 Å². The van der Waals surface area contributed by atoms with E-state index >= 15 is 0 Å². The van der Waals surface area contributed by atoms with Crippen molar-refractivity contribution in [2.75, 3.05) is 39.5 Å². The van der Waals surface area contributed by atoms with Crippen molar-refractivity contribution in [1.82, 2.24) is 4.98 Å². The number of hydrogen-bond donors (Lipinski definition) is 1. The highest BCUT2D eigenvalue weighted by molar-refractivity contribution is 6.08. The number of nitrogens with zero attached hydrogens (tertiary/aromatic N) is 1. The molecule has 0 radical (unpaired) electrons. The summed E-state index contributed by atoms with van der Waals surface area (Å²) in [4.78, 5) is 58.2. The third kappa shape index (κ3) is 8.72. The van der Waals surface area contributed by atoms with Crippen LogP contribution >= 0.6 is 0 Å². The van der Waals surface area contributed by atoms with Crippen LogP contribution in [0.15, 0.2) is 24.3 Å². The van der Waals surface area contributed by atoms with Gasteiger partial charge in [-0.05, 0) is 65.0 Å². The lowest BCUT2D eigenvalue weighted by Gasteiger charge is -2.42. The van der Waals surface area contributed by atoms with Gasteiger partial charge in [0, 0.05) is 23.7 Å². The summed E-state index contributed by atoms with van der Waals surface area (Å²) < 4.78 is 57.9. The Bertz CT molecular complexity index is 1460. The van der Waals surface area contributed by atoms with Gasteiger partial charge in [0.15, 0.2) is 11.3 Å². The molecule has 0 amide bonds. The minimum absolute atomic E-state index is 0.00408. The van der Waals surface area contributed by atoms with E-state index in [2.05, 4.69) is 28.6 Å². The number of halogens is 1. The highest BCUT2D eigenvalue weighted by atomic mass is 35.7. The van der Waals surface area contributed by atoms with Crippen molar-refractivity contribution in [3.05, 3.63) is 35.5 Å². The number of aromatic amines is 1. The molecular formula is C33H45ClN2O12. The van der Waals surface area contributed by atoms with E-state index in [0.717, 1.165) is 48.2 Å². The molecule has 3 heterocycles. The van der Waals surface area contributed by atoms with Gasteiger partial charge in [-0.25, -0.2) is 23.2 Å². The van der Waals surface area contributed by atoms with Gasteiger partial charge in [-0.2, -0.15) is 0 Å². The van der Waals surface area contributed by atoms with Gasteiger partial charge in [0.1, 0.15) is 18.8 Å². The molecule has 48 heavy (non-hydrogen) atoms. The number of esters is 4. The molecule has 2 aromatic rings. The number of hydrogen-bond acceptors (Lipinski definition) is 12. The number of rotatable bonds is 13. The standard InChI is InChI=1S/C33H44N2O8.ClHO4/c1-6-32(17-13-18-35-19-16-23-22-14-11-12-15-25(22)34-26(23)27(32)35)21-33(30(38)42-9-4,31(39)43-10-5)20-24(28(36)40-7-2)29(37)41-8-3;2-1(3,4)5/h11-12,14-15,24H,6-10,13,16-21H2,1-5H3;(H,2,3,4,5). The van der Waals surface area contributed by atoms with E-state index in [1.165, 1.54) is 5.56 Å². The molecule has 1 aromatic carbocycles. The van der Waals surface area contributed by atoms with Crippen LogP contribution in [0.4, 0.5) is 0 Å². The Morgan fingerprint density at radius 2 is 1.42 bits per heavy atom. The first-order valence-electron chi connectivity index (χ1n) is 16.2. The SMILES string of the molecule is CCOC(=O)C(CC(CC1(CC)CCC[N+]2=C1c1[nH]c3ccccc3c1CC2)(C(=O)OCC)C(=O)OCC)C(=O)OCC.[O-][Cl+3]([O-])([O-])[O-]. The zero-order valence-corrected chi connectivity index (χ0v) is 28.9. The molecule has 14 nitrogen and oxygen atoms in total. The predicted octanol–water partition coefficient (Wildman–Crippen LogP) is -0.405. The van der Waals surface area contributed by atoms with Gasteiger partial charge in [-0.3, -0.25) is 19.2 Å². The molecule has 0 aliphatic carbocycles. The second-order valence-corrected chi connectivity index (χ2v) is 12.4. The van der Waals surface area contributed by atoms with Gasteiger partial charge in [0.25, 0.3) is 0 Å². The molecular weight excluding hydrogens is 652 g/mol. The minimum atomic E-state index is -4.94. The van der Waals surface area contributed by atoms with E-state index in [1.807, 2.05) is 12.1 Å². The summed E-state index contributed by atoms with van der Waals surface area (Å²) in [6, 6.07) is 8.19. The lowest BCUT2D eigenvalue weighted by molar-refractivity contribution is -2.00. The number of nitrogens with one attached hydrogen (secondary N) is 1. The molecule has 266 valence electrons. The molecule has 0 saturated heterocycles. The Morgan fingerprint density at radius 3 is 1.94 bits per heavy atom. The molecule has 0 bridgehead atoms. The number of fused-ring (bicyclic) bond motifs is 4. The molecule has 0 fully saturated rings. The first-order valence-corrected chi connectivity index (χ1v) is 17.5. The van der Waals surface area contributed by atoms with Gasteiger partial charge in [-0.15, -0.1) is 10.2 Å². The fraction of sp³-hybridized carbons (Fsp3) is 0.606. The fourth-order valence-electron chi connectivity index (χ4n) is 7.05. The number of para-hydroxylation sites is 1. The lowest BCUT2D eigenvalue weighted by atomic mass is 9.60. The van der Waals surface area contributed by atoms with Crippen LogP contribution < -0.4 is 18.6 Å². The highest BCUT2D eigenvalue weighted by Gasteiger charge is 2.60. The zero-order chi connectivity index (χ0) is 35.7. The number of benzene rings is 1. The average molecular weight is 697 g/mol. The van der Waals surface area contributed by atoms with Crippen molar-refractivity contribution >= 4 is 40.5 Å². The summed E-state index contributed by atoms with van der Waals surface area (Å²) in [5.41, 5.74) is 1.69. The lowest BCUT2D eigenvalue weighted by Crippen LogP contribution is -2.68. The first-order chi connectivity index (χ1) is 22.7. The van der Waals surface area contributed by atoms with E-state index < -0.39 is 57.3 Å². The molecule has 1 atom stereocenters. The fourth-order valence-corrected chi connectivity index (χ4v) is 7.05. The smallest absolute Gasteiger partial charge is 0.323 e. The Balaban J connectivity index is 0.00000116. The van der Waals surface area contributed by atoms with Gasteiger partial charge >= 0.3 is 23.9 Å². The molecule has 1 unspecified atom stereocenters. The number of carbonyl (C=O) groups excluding carboxylic acids is 4. The summed E-state index contributed by atoms with van der Waals surface area (Å²) in [5.74, 6) is -4.84. The van der Waals surface area contributed by atoms with Crippen molar-refractivity contribution in [2.45, 2.75) is 73.1 Å². The summed E-state index contributed by atoms with van der Waals surface area (Å²) in [6.07, 6.45) is 2.57. The monoisotopic (exact) mass is 696 g/mol. The highest BCUT2D eigenvalue weighted by Crippen LogP contribution is 2.50. The van der Waals surface area contributed by atoms with Crippen LogP contribution in [0.2, 0.25) is 0 Å². The van der Waals surface area contributed by atoms with Crippen LogP contribution in [0, 0.1) is 27.0 Å². The Labute approximate surface area is 281 Å². The van der Waals surface area contributed by atoms with Crippen LogP contribution in [0.25, 0.3) is 10.9 Å². The number of carbonyl (C=O) groups is 4. The summed E-state index contributed by atoms with van der Waals surface area (Å²) in [6.45, 7) is 10.4. The Morgan fingerprint density at radius 1 is 0.875 bits per heavy atom. The summed E-state index contributed by atoms with van der Waals surface area (Å²) >= 11 is 0. The number of H-pyrrole nitrogens is 1. The third-order valence-corrected chi connectivity index (χ3v) is 8.93. The molecule has 2 aliphatic rings. The quantitative estimate of drug-likeness (QED) is 0.122. The van der Waals surface area contributed by atoms with E-state index in [1.54, 1.807) is 27.7 Å². The molecule has 1 N–H and O–H groups in total. The van der Waals surface area contributed by atoms with Crippen molar-refractivity contribution in [1.29, 1.82) is 0 Å². The van der Waals surface area contributed by atoms with Crippen LogP contribution in [0.1, 0.15) is 78.0 Å². The van der Waals surface area contributed by atoms with Gasteiger partial charge in [-0.1, -0.05) is 25.1 Å². The van der Waals surface area contributed by atoms with E-state index in [4.69, 9.17) is 37.6 Å². The normalized spacial score (nSPS) is 17.5. The summed E-state index contributed by atoms with van der Waals surface area (Å²) in [5, 5.41) is 1.16. The van der Waals surface area contributed by atoms with E-state index in [0.29, 0.717) is 12.8 Å². The second kappa shape index (κ2) is 16.7. The van der Waals surface area contributed by atoms with Crippen molar-refractivity contribution < 1.29 is 71.6 Å². The average Bonchev–Trinajstić information content (AvgIpc) is 3.41. The van der Waals surface area contributed by atoms with Crippen LogP contribution in [0.3, 0.4) is 0 Å². The maximum Gasteiger partial charge on any atom is 0.323 e. The van der Waals surface area contributed by atoms with Gasteiger partial charge < -0.3 is 23.9 Å². The van der Waals surface area contributed by atoms with Crippen LogP contribution in [0.5, 0.6) is 0 Å². The van der Waals surface area contributed by atoms with Crippen LogP contribution in [-0.2, 0) is 44.5 Å². The molecule has 1 aromatic heterocycles. The second-order valence-electron chi connectivity index (χ2n) is 11.7. The first kappa shape index (κ1) is 38.9. The molecule has 15 heteroatoms.